The van der Waals surface area contributed by atoms with Crippen LogP contribution in [0.25, 0.3) is 0 Å². The van der Waals surface area contributed by atoms with E-state index in [1.54, 1.807) is 6.92 Å². The minimum Gasteiger partial charge on any atom is -0.480 e. The second-order valence-corrected chi connectivity index (χ2v) is 6.19. The minimum atomic E-state index is -3.83. The van der Waals surface area contributed by atoms with Crippen molar-refractivity contribution in [1.82, 2.24) is 0 Å². The maximum Gasteiger partial charge on any atom is 0.327 e. The number of anilines is 1. The molecule has 8 heteroatoms. The fraction of sp³-hybridized carbons (Fsp3) is 0.364. The van der Waals surface area contributed by atoms with E-state index >= 15 is 0 Å². The highest BCUT2D eigenvalue weighted by molar-refractivity contribution is 7.92. The first-order valence-electron chi connectivity index (χ1n) is 5.35. The molecule has 1 rings (SSSR count). The van der Waals surface area contributed by atoms with Crippen LogP contribution in [0.3, 0.4) is 0 Å². The van der Waals surface area contributed by atoms with Crippen molar-refractivity contribution >= 4 is 33.3 Å². The minimum absolute atomic E-state index is 0.0168. The van der Waals surface area contributed by atoms with Gasteiger partial charge in [-0.3, -0.25) is 4.31 Å². The van der Waals surface area contributed by atoms with Crippen molar-refractivity contribution in [2.45, 2.75) is 19.4 Å². The topological polar surface area (TPSA) is 74.7 Å². The third-order valence-corrected chi connectivity index (χ3v) is 3.94. The number of hydrogen-bond donors (Lipinski definition) is 1. The number of carboxylic acids is 1. The van der Waals surface area contributed by atoms with E-state index in [-0.39, 0.29) is 17.1 Å². The predicted molar refractivity (Wildman–Crippen MR) is 70.4 cm³/mol. The molecule has 0 bridgehead atoms. The zero-order valence-corrected chi connectivity index (χ0v) is 11.9. The van der Waals surface area contributed by atoms with Gasteiger partial charge in [-0.2, -0.15) is 0 Å². The third kappa shape index (κ3) is 3.57. The summed E-state index contributed by atoms with van der Waals surface area (Å²) in [5.41, 5.74) is 0.0168. The Morgan fingerprint density at radius 3 is 2.47 bits per heavy atom. The Labute approximate surface area is 115 Å². The lowest BCUT2D eigenvalue weighted by Crippen LogP contribution is -2.44. The van der Waals surface area contributed by atoms with Gasteiger partial charge in [-0.15, -0.1) is 0 Å². The van der Waals surface area contributed by atoms with E-state index in [2.05, 4.69) is 0 Å². The fourth-order valence-corrected chi connectivity index (χ4v) is 3.04. The molecule has 0 radical (unpaired) electrons. The number of benzene rings is 1. The molecule has 1 unspecified atom stereocenters. The zero-order chi connectivity index (χ0) is 14.8. The molecule has 0 aliphatic heterocycles. The summed E-state index contributed by atoms with van der Waals surface area (Å²) < 4.78 is 37.3. The Kier molecular flexibility index (Phi) is 4.75. The predicted octanol–water partition coefficient (Wildman–Crippen LogP) is 2.11. The summed E-state index contributed by atoms with van der Waals surface area (Å²) in [5, 5.41) is 8.81. The van der Waals surface area contributed by atoms with Crippen molar-refractivity contribution in [2.24, 2.45) is 0 Å². The van der Waals surface area contributed by atoms with E-state index < -0.39 is 27.9 Å². The standard InChI is InChI=1S/C11H13ClFNO4S/c1-3-10(11(15)16)14(19(2,17)18)7-4-5-9(13)8(12)6-7/h4-6,10H,3H2,1-2H3,(H,15,16). The molecule has 0 aromatic heterocycles. The van der Waals surface area contributed by atoms with Crippen molar-refractivity contribution in [2.75, 3.05) is 10.6 Å². The van der Waals surface area contributed by atoms with Crippen LogP contribution in [0.2, 0.25) is 5.02 Å². The Bertz CT molecular complexity index is 590. The van der Waals surface area contributed by atoms with Gasteiger partial charge in [-0.05, 0) is 24.6 Å². The van der Waals surface area contributed by atoms with Gasteiger partial charge in [0.15, 0.2) is 0 Å². The van der Waals surface area contributed by atoms with Gasteiger partial charge < -0.3 is 5.11 Å². The van der Waals surface area contributed by atoms with Crippen molar-refractivity contribution in [3.63, 3.8) is 0 Å². The fourth-order valence-electron chi connectivity index (χ4n) is 1.67. The van der Waals surface area contributed by atoms with Gasteiger partial charge in [0.25, 0.3) is 0 Å². The number of sulfonamides is 1. The highest BCUT2D eigenvalue weighted by atomic mass is 35.5. The molecule has 0 amide bonds. The molecule has 19 heavy (non-hydrogen) atoms. The number of hydrogen-bond acceptors (Lipinski definition) is 3. The van der Waals surface area contributed by atoms with Crippen LogP contribution in [-0.4, -0.2) is 31.8 Å². The van der Waals surface area contributed by atoms with E-state index in [1.165, 1.54) is 6.07 Å². The molecular formula is C11H13ClFNO4S. The number of nitrogens with zero attached hydrogens (tertiary/aromatic N) is 1. The van der Waals surface area contributed by atoms with E-state index in [0.29, 0.717) is 0 Å². The number of aliphatic carboxylic acids is 1. The van der Waals surface area contributed by atoms with Crippen LogP contribution in [0.1, 0.15) is 13.3 Å². The zero-order valence-electron chi connectivity index (χ0n) is 10.3. The summed E-state index contributed by atoms with van der Waals surface area (Å²) in [4.78, 5) is 11.1. The van der Waals surface area contributed by atoms with Crippen LogP contribution in [0, 0.1) is 5.82 Å². The molecule has 1 aromatic rings. The largest absolute Gasteiger partial charge is 0.480 e. The molecule has 0 spiro atoms. The number of halogens is 2. The van der Waals surface area contributed by atoms with Crippen LogP contribution >= 0.6 is 11.6 Å². The maximum absolute atomic E-state index is 13.1. The second kappa shape index (κ2) is 5.75. The molecule has 1 N–H and O–H groups in total. The van der Waals surface area contributed by atoms with Crippen LogP contribution in [0.5, 0.6) is 0 Å². The lowest BCUT2D eigenvalue weighted by Gasteiger charge is -2.28. The first-order valence-corrected chi connectivity index (χ1v) is 7.58. The summed E-state index contributed by atoms with van der Waals surface area (Å²) in [5.74, 6) is -1.99. The summed E-state index contributed by atoms with van der Waals surface area (Å²) in [6.07, 6.45) is 0.952. The highest BCUT2D eigenvalue weighted by Crippen LogP contribution is 2.27. The number of carbonyl (C=O) groups is 1. The van der Waals surface area contributed by atoms with Crippen LogP contribution in [0.4, 0.5) is 10.1 Å². The Morgan fingerprint density at radius 2 is 2.11 bits per heavy atom. The Morgan fingerprint density at radius 1 is 1.53 bits per heavy atom. The average Bonchev–Trinajstić information content (AvgIpc) is 2.27. The molecule has 0 heterocycles. The van der Waals surface area contributed by atoms with Crippen LogP contribution in [0.15, 0.2) is 18.2 Å². The molecule has 5 nitrogen and oxygen atoms in total. The van der Waals surface area contributed by atoms with E-state index in [1.807, 2.05) is 0 Å². The van der Waals surface area contributed by atoms with Gasteiger partial charge in [0.05, 0.1) is 17.0 Å². The monoisotopic (exact) mass is 309 g/mol. The lowest BCUT2D eigenvalue weighted by atomic mass is 10.2. The molecule has 0 saturated carbocycles. The molecule has 0 aliphatic rings. The Balaban J connectivity index is 3.40. The molecule has 0 saturated heterocycles. The molecule has 1 atom stereocenters. The lowest BCUT2D eigenvalue weighted by molar-refractivity contribution is -0.138. The van der Waals surface area contributed by atoms with Crippen molar-refractivity contribution in [3.8, 4) is 0 Å². The molecular weight excluding hydrogens is 297 g/mol. The van der Waals surface area contributed by atoms with Crippen molar-refractivity contribution in [1.29, 1.82) is 0 Å². The van der Waals surface area contributed by atoms with Crippen LogP contribution < -0.4 is 4.31 Å². The van der Waals surface area contributed by atoms with E-state index in [0.717, 1.165) is 22.7 Å². The number of rotatable bonds is 5. The summed E-state index contributed by atoms with van der Waals surface area (Å²) in [6.45, 7) is 1.54. The molecule has 106 valence electrons. The van der Waals surface area contributed by atoms with E-state index in [9.17, 15) is 17.6 Å². The normalized spacial score (nSPS) is 13.1. The van der Waals surface area contributed by atoms with Gasteiger partial charge in [0.2, 0.25) is 10.0 Å². The summed E-state index contributed by atoms with van der Waals surface area (Å²) in [7, 11) is -3.83. The first-order chi connectivity index (χ1) is 8.68. The molecule has 1 aromatic carbocycles. The van der Waals surface area contributed by atoms with Gasteiger partial charge in [-0.25, -0.2) is 17.6 Å². The quantitative estimate of drug-likeness (QED) is 0.904. The van der Waals surface area contributed by atoms with Gasteiger partial charge in [0.1, 0.15) is 11.9 Å². The van der Waals surface area contributed by atoms with E-state index in [4.69, 9.17) is 16.7 Å². The summed E-state index contributed by atoms with van der Waals surface area (Å²) >= 11 is 5.59. The van der Waals surface area contributed by atoms with Gasteiger partial charge in [0, 0.05) is 0 Å². The smallest absolute Gasteiger partial charge is 0.327 e. The van der Waals surface area contributed by atoms with Crippen molar-refractivity contribution in [3.05, 3.63) is 29.0 Å². The van der Waals surface area contributed by atoms with Crippen molar-refractivity contribution < 1.29 is 22.7 Å². The van der Waals surface area contributed by atoms with Gasteiger partial charge >= 0.3 is 5.97 Å². The SMILES string of the molecule is CCC(C(=O)O)N(c1ccc(F)c(Cl)c1)S(C)(=O)=O. The van der Waals surface area contributed by atoms with Crippen LogP contribution in [-0.2, 0) is 14.8 Å². The van der Waals surface area contributed by atoms with Gasteiger partial charge in [-0.1, -0.05) is 18.5 Å². The summed E-state index contributed by atoms with van der Waals surface area (Å²) in [6, 6.07) is 1.98. The second-order valence-electron chi connectivity index (χ2n) is 3.92. The average molecular weight is 310 g/mol. The molecule has 0 fully saturated rings. The maximum atomic E-state index is 13.1. The molecule has 0 aliphatic carbocycles. The third-order valence-electron chi connectivity index (χ3n) is 2.47. The highest BCUT2D eigenvalue weighted by Gasteiger charge is 2.31. The Hall–Kier alpha value is -1.34. The first kappa shape index (κ1) is 15.7. The number of carboxylic acid groups (broad SMARTS) is 1.